The highest BCUT2D eigenvalue weighted by molar-refractivity contribution is 7.98. The van der Waals surface area contributed by atoms with Crippen LogP contribution < -0.4 is 25.1 Å². The van der Waals surface area contributed by atoms with E-state index in [1.54, 1.807) is 39.4 Å². The number of anilines is 3. The van der Waals surface area contributed by atoms with Gasteiger partial charge in [-0.3, -0.25) is 29.3 Å². The molecule has 0 spiro atoms. The first kappa shape index (κ1) is 87.5. The number of aryl methyl sites for hydroxylation is 3. The van der Waals surface area contributed by atoms with Crippen LogP contribution in [-0.2, 0) is 14.4 Å². The van der Waals surface area contributed by atoms with Gasteiger partial charge in [-0.15, -0.1) is 11.8 Å². The summed E-state index contributed by atoms with van der Waals surface area (Å²) in [7, 11) is 1.50. The van der Waals surface area contributed by atoms with Crippen molar-refractivity contribution in [2.75, 3.05) is 100 Å². The molecule has 0 bridgehead atoms. The summed E-state index contributed by atoms with van der Waals surface area (Å²) in [5.41, 5.74) is 5.96. The first-order chi connectivity index (χ1) is 58.8. The lowest BCUT2D eigenvalue weighted by Crippen LogP contribution is -2.54. The number of carbonyl (C=O) groups excluding carboxylic acids is 3. The summed E-state index contributed by atoms with van der Waals surface area (Å²) in [4.78, 5) is 104. The van der Waals surface area contributed by atoms with Crippen molar-refractivity contribution in [1.82, 2.24) is 64.1 Å². The molecule has 31 heteroatoms. The fourth-order valence-corrected chi connectivity index (χ4v) is 16.6. The fraction of sp³-hybridized carbons (Fsp3) is 0.293. The average Bonchev–Trinajstić information content (AvgIpc) is 0.741. The van der Waals surface area contributed by atoms with Gasteiger partial charge >= 0.3 is 5.69 Å². The molecule has 3 aliphatic heterocycles. The lowest BCUT2D eigenvalue weighted by Gasteiger charge is -2.40. The molecule has 1 atom stereocenters. The number of thioether (sulfide) groups is 1. The van der Waals surface area contributed by atoms with Gasteiger partial charge in [-0.05, 0) is 154 Å². The van der Waals surface area contributed by atoms with Crippen LogP contribution in [0.5, 0.6) is 23.1 Å². The lowest BCUT2D eigenvalue weighted by atomic mass is 9.91. The van der Waals surface area contributed by atoms with Crippen molar-refractivity contribution in [2.45, 2.75) is 97.9 Å². The minimum Gasteiger partial charge on any atom is -0.507 e. The molecule has 123 heavy (non-hydrogen) atoms. The quantitative estimate of drug-likeness (QED) is 0.0434. The lowest BCUT2D eigenvalue weighted by molar-refractivity contribution is -0.127. The SMILES string of the molecule is C=CC(=O)N1CCN(c2nc(=O)n(-c3c(SC)ccnc3C(C)C)c3nc(-c4c(O)cccc4F)c(F)cc23)[C@@H](C)C1.C=CC(=O)N1CCN(c2nc(C)c(-c3c(C)ccnc3C(C)C)c3nc(-c4c(O)cccc4F)c(F)cc23)CC1.C=CC(=O)N1CCN(c2nc(OC)c(-c3c(C)ccnc3C(C)C)c3nc(-c4c(O)cccc4F)c(F)cc23)CC1. The first-order valence-electron chi connectivity index (χ1n) is 40.0. The average molecular weight is 1700 g/mol. The molecule has 3 aliphatic rings. The second kappa shape index (κ2) is 36.6. The number of fused-ring (bicyclic) bond motifs is 3. The smallest absolute Gasteiger partial charge is 0.355 e. The molecule has 12 aromatic rings. The molecule has 3 fully saturated rings. The Morgan fingerprint density at radius 3 is 1.32 bits per heavy atom. The van der Waals surface area contributed by atoms with Crippen molar-refractivity contribution >= 4 is 79.8 Å². The number of aromatic hydroxyl groups is 3. The number of hydrogen-bond acceptors (Lipinski definition) is 21. The van der Waals surface area contributed by atoms with Crippen molar-refractivity contribution in [3.63, 3.8) is 0 Å². The zero-order valence-electron chi connectivity index (χ0n) is 70.0. The van der Waals surface area contributed by atoms with Gasteiger partial charge < -0.3 is 49.5 Å². The Labute approximate surface area is 710 Å². The number of pyridine rings is 8. The summed E-state index contributed by atoms with van der Waals surface area (Å²) < 4.78 is 99.4. The van der Waals surface area contributed by atoms with E-state index in [9.17, 15) is 47.7 Å². The summed E-state index contributed by atoms with van der Waals surface area (Å²) >= 11 is 1.40. The minimum absolute atomic E-state index is 0.0235. The molecule has 15 rings (SSSR count). The molecule has 24 nitrogen and oxygen atoms in total. The summed E-state index contributed by atoms with van der Waals surface area (Å²) in [6, 6.07) is 20.3. The van der Waals surface area contributed by atoms with E-state index in [0.717, 1.165) is 56.7 Å². The van der Waals surface area contributed by atoms with Gasteiger partial charge in [-0.25, -0.2) is 55.6 Å². The van der Waals surface area contributed by atoms with Crippen LogP contribution in [-0.4, -0.2) is 189 Å². The second-order valence-corrected chi connectivity index (χ2v) is 31.7. The van der Waals surface area contributed by atoms with Crippen LogP contribution in [0.2, 0.25) is 0 Å². The number of piperazine rings is 3. The van der Waals surface area contributed by atoms with E-state index < -0.39 is 69.1 Å². The Kier molecular flexibility index (Phi) is 26.0. The Morgan fingerprint density at radius 2 is 0.886 bits per heavy atom. The Morgan fingerprint density at radius 1 is 0.480 bits per heavy atom. The third-order valence-electron chi connectivity index (χ3n) is 22.0. The Hall–Kier alpha value is -13.3. The van der Waals surface area contributed by atoms with Crippen LogP contribution >= 0.6 is 11.8 Å². The van der Waals surface area contributed by atoms with Crippen LogP contribution in [0.1, 0.15) is 100 Å². The second-order valence-electron chi connectivity index (χ2n) is 30.8. The number of rotatable bonds is 17. The number of hydrogen-bond donors (Lipinski definition) is 3. The number of carbonyl (C=O) groups is 3. The van der Waals surface area contributed by atoms with Gasteiger partial charge in [0.1, 0.15) is 69.2 Å². The van der Waals surface area contributed by atoms with Crippen LogP contribution in [0.4, 0.5) is 43.8 Å². The summed E-state index contributed by atoms with van der Waals surface area (Å²) in [6.07, 6.45) is 10.8. The molecule has 9 aromatic heterocycles. The molecule has 12 heterocycles. The minimum atomic E-state index is -0.898. The van der Waals surface area contributed by atoms with Gasteiger partial charge in [0.25, 0.3) is 0 Å². The van der Waals surface area contributed by atoms with E-state index >= 15 is 13.2 Å². The highest BCUT2D eigenvalue weighted by atomic mass is 32.2. The van der Waals surface area contributed by atoms with Crippen LogP contribution in [0, 0.1) is 55.7 Å². The fourth-order valence-electron chi connectivity index (χ4n) is 16.0. The van der Waals surface area contributed by atoms with Crippen molar-refractivity contribution in [1.29, 1.82) is 0 Å². The van der Waals surface area contributed by atoms with Crippen LogP contribution in [0.3, 0.4) is 0 Å². The van der Waals surface area contributed by atoms with Gasteiger partial charge in [0.05, 0.1) is 68.6 Å². The van der Waals surface area contributed by atoms with Gasteiger partial charge in [-0.1, -0.05) is 79.5 Å². The van der Waals surface area contributed by atoms with E-state index in [2.05, 4.69) is 49.6 Å². The number of amides is 3. The summed E-state index contributed by atoms with van der Waals surface area (Å²) in [6.45, 7) is 35.0. The zero-order valence-corrected chi connectivity index (χ0v) is 70.9. The number of phenols is 3. The highest BCUT2D eigenvalue weighted by Gasteiger charge is 2.36. The molecular formula is C92H92F6N16O8S. The Balaban J connectivity index is 0.000000159. The topological polar surface area (TPSA) is 279 Å². The maximum Gasteiger partial charge on any atom is 0.355 e. The predicted octanol–water partition coefficient (Wildman–Crippen LogP) is 16.4. The largest absolute Gasteiger partial charge is 0.507 e. The van der Waals surface area contributed by atoms with Crippen LogP contribution in [0.15, 0.2) is 157 Å². The number of benzene rings is 3. The molecule has 3 amide bonds. The van der Waals surface area contributed by atoms with Gasteiger partial charge in [0.15, 0.2) is 23.1 Å². The van der Waals surface area contributed by atoms with E-state index in [0.29, 0.717) is 134 Å². The van der Waals surface area contributed by atoms with E-state index in [-0.39, 0.29) is 86.8 Å². The molecule has 0 radical (unpaired) electrons. The summed E-state index contributed by atoms with van der Waals surface area (Å²) in [5.74, 6) is -5.36. The standard InChI is InChI=1S/C31H31F2N5O3.C31H31F2N5O2.C30H30F2N6O3S/c1-6-23(40)37-12-14-38(15-13-37)30-19-16-21(33)29(25-20(32)8-7-9-22(25)39)35-28(19)26(31(36-30)41-5)24-18(4)10-11-34-27(24)17(2)3;1-6-24(40)37-12-14-38(15-13-37)31-20-16-22(33)30(27-21(32)8-7-9-23(27)39)36-29(20)26(19(5)35-31)25-18(4)10-11-34-28(25)17(2)3;1-6-23(40)36-12-13-37(17(4)15-36)28-18-14-20(32)26(24-19(31)8-7-9-21(24)39)34-29(18)38(30(41)35-28)27-22(42-5)10-11-33-25(27)16(2)3/h6-11,16-17,39H,1,12-15H2,2-5H3;6-11,16-17,39H,1,12-15H2,2-5H3;6-11,14,16-17,39H,1,12-13,15H2,2-5H3/t;;17-/m..0/s1. The number of ether oxygens (including phenoxy) is 1. The molecule has 3 saturated heterocycles. The number of methoxy groups -OCH3 is 1. The first-order valence-corrected chi connectivity index (χ1v) is 41.2. The van der Waals surface area contributed by atoms with Gasteiger partial charge in [0, 0.05) is 135 Å². The monoisotopic (exact) mass is 1690 g/mol. The molecule has 636 valence electrons. The van der Waals surface area contributed by atoms with Crippen molar-refractivity contribution < 1.29 is 60.8 Å². The van der Waals surface area contributed by atoms with Gasteiger partial charge in [-0.2, -0.15) is 9.97 Å². The maximum absolute atomic E-state index is 15.9. The van der Waals surface area contributed by atoms with Crippen LogP contribution in [0.25, 0.3) is 94.6 Å². The number of halogens is 6. The van der Waals surface area contributed by atoms with E-state index in [1.807, 2.05) is 102 Å². The highest BCUT2D eigenvalue weighted by Crippen LogP contribution is 2.48. The van der Waals surface area contributed by atoms with E-state index in [4.69, 9.17) is 19.7 Å². The Bertz CT molecular complexity index is 6220. The third kappa shape index (κ3) is 17.0. The van der Waals surface area contributed by atoms with Crippen molar-refractivity contribution in [3.05, 3.63) is 227 Å². The molecule has 3 N–H and O–H groups in total. The number of aromatic nitrogens is 10. The number of phenolic OH excluding ortho intramolecular Hbond substituents is 3. The van der Waals surface area contributed by atoms with E-state index in [1.165, 1.54) is 96.3 Å². The van der Waals surface area contributed by atoms with Crippen molar-refractivity contribution in [3.8, 4) is 84.8 Å². The maximum atomic E-state index is 15.9. The normalized spacial score (nSPS) is 14.3. The molecule has 0 unspecified atom stereocenters. The molecule has 3 aromatic carbocycles. The number of nitrogens with zero attached hydrogens (tertiary/aromatic N) is 16. The van der Waals surface area contributed by atoms with Gasteiger partial charge in [0.2, 0.25) is 23.6 Å². The molecule has 0 saturated carbocycles. The predicted molar refractivity (Wildman–Crippen MR) is 466 cm³/mol. The molecule has 0 aliphatic carbocycles. The van der Waals surface area contributed by atoms with Crippen molar-refractivity contribution in [2.24, 2.45) is 0 Å². The zero-order chi connectivity index (χ0) is 88.4. The molecular weight excluding hydrogens is 1600 g/mol. The third-order valence-corrected chi connectivity index (χ3v) is 22.8. The summed E-state index contributed by atoms with van der Waals surface area (Å²) in [5, 5.41) is 32.5.